The smallest absolute Gasteiger partial charge is 0.228 e. The lowest BCUT2D eigenvalue weighted by Gasteiger charge is -2.42. The Hall–Kier alpha value is -2.69. The first kappa shape index (κ1) is 22.5. The SMILES string of the molecule is CN(C)C(=O)C1(Cc2ccccc2-c2cccnc2)CCN(Cc2ccccc2Cl)CC1. The van der Waals surface area contributed by atoms with Gasteiger partial charge >= 0.3 is 0 Å². The van der Waals surface area contributed by atoms with E-state index in [1.54, 1.807) is 11.1 Å². The number of halogens is 1. The molecule has 166 valence electrons. The predicted molar refractivity (Wildman–Crippen MR) is 130 cm³/mol. The second-order valence-corrected chi connectivity index (χ2v) is 9.33. The maximum absolute atomic E-state index is 13.5. The number of rotatable bonds is 6. The molecule has 0 bridgehead atoms. The van der Waals surface area contributed by atoms with Crippen molar-refractivity contribution in [3.8, 4) is 11.1 Å². The topological polar surface area (TPSA) is 36.4 Å². The fourth-order valence-corrected chi connectivity index (χ4v) is 4.99. The lowest BCUT2D eigenvalue weighted by atomic mass is 9.71. The van der Waals surface area contributed by atoms with Gasteiger partial charge in [0, 0.05) is 43.6 Å². The van der Waals surface area contributed by atoms with E-state index in [4.69, 9.17) is 11.6 Å². The normalized spacial score (nSPS) is 16.0. The molecule has 0 aliphatic carbocycles. The van der Waals surface area contributed by atoms with Gasteiger partial charge in [-0.1, -0.05) is 60.1 Å². The van der Waals surface area contributed by atoms with Crippen molar-refractivity contribution in [2.45, 2.75) is 25.8 Å². The van der Waals surface area contributed by atoms with Crippen molar-refractivity contribution in [3.05, 3.63) is 89.2 Å². The molecule has 1 aliphatic rings. The van der Waals surface area contributed by atoms with E-state index < -0.39 is 5.41 Å². The molecule has 1 aromatic heterocycles. The predicted octanol–water partition coefficient (Wildman–Crippen LogP) is 5.32. The molecule has 0 N–H and O–H groups in total. The van der Waals surface area contributed by atoms with E-state index >= 15 is 0 Å². The van der Waals surface area contributed by atoms with Gasteiger partial charge in [-0.3, -0.25) is 14.7 Å². The summed E-state index contributed by atoms with van der Waals surface area (Å²) >= 11 is 6.38. The largest absolute Gasteiger partial charge is 0.348 e. The Balaban J connectivity index is 1.57. The van der Waals surface area contributed by atoms with Crippen molar-refractivity contribution in [2.75, 3.05) is 27.2 Å². The fourth-order valence-electron chi connectivity index (χ4n) is 4.79. The maximum atomic E-state index is 13.5. The highest BCUT2D eigenvalue weighted by atomic mass is 35.5. The minimum atomic E-state index is -0.404. The van der Waals surface area contributed by atoms with Crippen molar-refractivity contribution >= 4 is 17.5 Å². The second kappa shape index (κ2) is 9.85. The van der Waals surface area contributed by atoms with Crippen molar-refractivity contribution in [3.63, 3.8) is 0 Å². The number of pyridine rings is 1. The van der Waals surface area contributed by atoms with Crippen LogP contribution in [0, 0.1) is 5.41 Å². The summed E-state index contributed by atoms with van der Waals surface area (Å²) in [6.45, 7) is 2.57. The van der Waals surface area contributed by atoms with E-state index in [1.807, 2.05) is 44.6 Å². The third-order valence-corrected chi connectivity index (χ3v) is 6.91. The number of amides is 1. The molecule has 4 rings (SSSR count). The first-order valence-electron chi connectivity index (χ1n) is 11.1. The van der Waals surface area contributed by atoms with Gasteiger partial charge in [0.15, 0.2) is 0 Å². The summed E-state index contributed by atoms with van der Waals surface area (Å²) in [5, 5.41) is 0.805. The van der Waals surface area contributed by atoms with Crippen LogP contribution in [0.1, 0.15) is 24.0 Å². The number of piperidine rings is 1. The monoisotopic (exact) mass is 447 g/mol. The summed E-state index contributed by atoms with van der Waals surface area (Å²) in [5.41, 5.74) is 4.19. The Labute approximate surface area is 195 Å². The second-order valence-electron chi connectivity index (χ2n) is 8.92. The molecule has 32 heavy (non-hydrogen) atoms. The Morgan fingerprint density at radius 3 is 2.34 bits per heavy atom. The van der Waals surface area contributed by atoms with E-state index in [0.717, 1.165) is 60.6 Å². The molecule has 0 spiro atoms. The standard InChI is InChI=1S/C27H30ClN3O/c1-30(2)26(32)27(13-16-31(17-14-27)20-23-9-4-6-12-25(23)28)18-21-8-3-5-11-24(21)22-10-7-15-29-19-22/h3-12,15,19H,13-14,16-18,20H2,1-2H3. The highest BCUT2D eigenvalue weighted by Crippen LogP contribution is 2.39. The molecule has 3 aromatic rings. The van der Waals surface area contributed by atoms with Gasteiger partial charge in [-0.15, -0.1) is 0 Å². The number of aromatic nitrogens is 1. The summed E-state index contributed by atoms with van der Waals surface area (Å²) in [6.07, 6.45) is 6.07. The third kappa shape index (κ3) is 4.87. The molecule has 4 nitrogen and oxygen atoms in total. The van der Waals surface area contributed by atoms with Crippen LogP contribution in [-0.2, 0) is 17.8 Å². The molecular weight excluding hydrogens is 418 g/mol. The van der Waals surface area contributed by atoms with Crippen molar-refractivity contribution in [1.29, 1.82) is 0 Å². The lowest BCUT2D eigenvalue weighted by molar-refractivity contribution is -0.142. The molecule has 5 heteroatoms. The van der Waals surface area contributed by atoms with Gasteiger partial charge in [0.05, 0.1) is 5.41 Å². The molecule has 1 aliphatic heterocycles. The van der Waals surface area contributed by atoms with Gasteiger partial charge in [-0.05, 0) is 61.2 Å². The Morgan fingerprint density at radius 2 is 1.69 bits per heavy atom. The van der Waals surface area contributed by atoms with Crippen LogP contribution in [0.5, 0.6) is 0 Å². The lowest BCUT2D eigenvalue weighted by Crippen LogP contribution is -2.49. The average molecular weight is 448 g/mol. The van der Waals surface area contributed by atoms with Gasteiger partial charge < -0.3 is 4.90 Å². The summed E-state index contributed by atoms with van der Waals surface area (Å²) in [5.74, 6) is 0.218. The highest BCUT2D eigenvalue weighted by molar-refractivity contribution is 6.31. The van der Waals surface area contributed by atoms with Crippen LogP contribution in [-0.4, -0.2) is 47.9 Å². The molecule has 0 saturated carbocycles. The molecule has 1 fully saturated rings. The van der Waals surface area contributed by atoms with Crippen LogP contribution >= 0.6 is 11.6 Å². The Morgan fingerprint density at radius 1 is 1.00 bits per heavy atom. The minimum Gasteiger partial charge on any atom is -0.348 e. The minimum absolute atomic E-state index is 0.218. The molecule has 2 aromatic carbocycles. The number of benzene rings is 2. The zero-order valence-electron chi connectivity index (χ0n) is 18.8. The molecular formula is C27H30ClN3O. The van der Waals surface area contributed by atoms with Crippen molar-refractivity contribution in [2.24, 2.45) is 5.41 Å². The van der Waals surface area contributed by atoms with Crippen molar-refractivity contribution in [1.82, 2.24) is 14.8 Å². The van der Waals surface area contributed by atoms with Crippen LogP contribution in [0.4, 0.5) is 0 Å². The number of hydrogen-bond donors (Lipinski definition) is 0. The molecule has 0 unspecified atom stereocenters. The van der Waals surface area contributed by atoms with E-state index in [1.165, 1.54) is 5.56 Å². The summed E-state index contributed by atoms with van der Waals surface area (Å²) in [7, 11) is 3.74. The van der Waals surface area contributed by atoms with Crippen LogP contribution in [0.3, 0.4) is 0 Å². The Bertz CT molecular complexity index is 1060. The van der Waals surface area contributed by atoms with Gasteiger partial charge in [-0.2, -0.15) is 0 Å². The number of hydrogen-bond acceptors (Lipinski definition) is 3. The summed E-state index contributed by atoms with van der Waals surface area (Å²) < 4.78 is 0. The molecule has 2 heterocycles. The van der Waals surface area contributed by atoms with Gasteiger partial charge in [0.25, 0.3) is 0 Å². The number of likely N-dealkylation sites (tertiary alicyclic amines) is 1. The first-order valence-corrected chi connectivity index (χ1v) is 11.5. The van der Waals surface area contributed by atoms with Gasteiger partial charge in [0.2, 0.25) is 5.91 Å². The van der Waals surface area contributed by atoms with E-state index in [-0.39, 0.29) is 5.91 Å². The van der Waals surface area contributed by atoms with Crippen molar-refractivity contribution < 1.29 is 4.79 Å². The molecule has 0 atom stereocenters. The molecule has 1 amide bonds. The van der Waals surface area contributed by atoms with Crippen LogP contribution in [0.15, 0.2) is 73.1 Å². The van der Waals surface area contributed by atoms with Crippen LogP contribution < -0.4 is 0 Å². The Kier molecular flexibility index (Phi) is 6.92. The first-order chi connectivity index (χ1) is 15.5. The average Bonchev–Trinajstić information content (AvgIpc) is 2.82. The van der Waals surface area contributed by atoms with E-state index in [0.29, 0.717) is 0 Å². The number of carbonyl (C=O) groups is 1. The zero-order valence-corrected chi connectivity index (χ0v) is 19.6. The zero-order chi connectivity index (χ0) is 22.6. The van der Waals surface area contributed by atoms with Crippen LogP contribution in [0.2, 0.25) is 5.02 Å². The fraction of sp³-hybridized carbons (Fsp3) is 0.333. The maximum Gasteiger partial charge on any atom is 0.228 e. The number of carbonyl (C=O) groups excluding carboxylic acids is 1. The summed E-state index contributed by atoms with van der Waals surface area (Å²) in [4.78, 5) is 21.9. The summed E-state index contributed by atoms with van der Waals surface area (Å²) in [6, 6.07) is 20.5. The highest BCUT2D eigenvalue weighted by Gasteiger charge is 2.42. The van der Waals surface area contributed by atoms with E-state index in [2.05, 4.69) is 46.3 Å². The molecule has 1 saturated heterocycles. The van der Waals surface area contributed by atoms with Gasteiger partial charge in [0.1, 0.15) is 0 Å². The van der Waals surface area contributed by atoms with E-state index in [9.17, 15) is 4.79 Å². The van der Waals surface area contributed by atoms with Crippen LogP contribution in [0.25, 0.3) is 11.1 Å². The molecule has 0 radical (unpaired) electrons. The third-order valence-electron chi connectivity index (χ3n) is 6.54. The van der Waals surface area contributed by atoms with Gasteiger partial charge in [-0.25, -0.2) is 0 Å². The quantitative estimate of drug-likeness (QED) is 0.513. The number of nitrogens with zero attached hydrogens (tertiary/aromatic N) is 3.